The second kappa shape index (κ2) is 5.47. The highest BCUT2D eigenvalue weighted by Crippen LogP contribution is 2.03. The molecule has 0 atom stereocenters. The SMILES string of the molecule is CC(C)(C)N=C=NCCc1ccccc1. The van der Waals surface area contributed by atoms with Crippen LogP contribution in [0.1, 0.15) is 26.3 Å². The van der Waals surface area contributed by atoms with Gasteiger partial charge in [0.25, 0.3) is 0 Å². The van der Waals surface area contributed by atoms with Crippen LogP contribution in [0.2, 0.25) is 0 Å². The lowest BCUT2D eigenvalue weighted by atomic mass is 10.1. The molecule has 1 aromatic rings. The predicted octanol–water partition coefficient (Wildman–Crippen LogP) is 3.20. The Labute approximate surface area is 91.8 Å². The number of hydrogen-bond acceptors (Lipinski definition) is 2. The Kier molecular flexibility index (Phi) is 4.26. The van der Waals surface area contributed by atoms with Crippen molar-refractivity contribution < 1.29 is 0 Å². The highest BCUT2D eigenvalue weighted by molar-refractivity contribution is 5.42. The van der Waals surface area contributed by atoms with Gasteiger partial charge < -0.3 is 0 Å². The van der Waals surface area contributed by atoms with Crippen molar-refractivity contribution in [2.24, 2.45) is 9.98 Å². The fraction of sp³-hybridized carbons (Fsp3) is 0.462. The van der Waals surface area contributed by atoms with E-state index in [0.29, 0.717) is 0 Å². The fourth-order valence-electron chi connectivity index (χ4n) is 1.07. The standard InChI is InChI=1S/C13H18N2/c1-13(2,3)15-11-14-10-9-12-7-5-4-6-8-12/h4-8H,9-10H2,1-3H3. The van der Waals surface area contributed by atoms with Crippen LogP contribution >= 0.6 is 0 Å². The minimum absolute atomic E-state index is 0.0732. The molecule has 0 aromatic heterocycles. The van der Waals surface area contributed by atoms with Gasteiger partial charge in [0.15, 0.2) is 0 Å². The normalized spacial score (nSPS) is 10.6. The lowest BCUT2D eigenvalue weighted by molar-refractivity contribution is 0.586. The molecule has 0 unspecified atom stereocenters. The number of nitrogens with zero attached hydrogens (tertiary/aromatic N) is 2. The maximum atomic E-state index is 4.17. The van der Waals surface area contributed by atoms with Crippen LogP contribution in [0.4, 0.5) is 0 Å². The Balaban J connectivity index is 2.37. The van der Waals surface area contributed by atoms with Crippen LogP contribution < -0.4 is 0 Å². The molecule has 0 aliphatic heterocycles. The van der Waals surface area contributed by atoms with E-state index in [2.05, 4.69) is 28.1 Å². The minimum atomic E-state index is -0.0732. The molecule has 0 saturated heterocycles. The van der Waals surface area contributed by atoms with Crippen molar-refractivity contribution in [2.45, 2.75) is 32.7 Å². The molecule has 1 aromatic carbocycles. The average molecular weight is 202 g/mol. The molecule has 2 nitrogen and oxygen atoms in total. The van der Waals surface area contributed by atoms with Crippen molar-refractivity contribution in [3.05, 3.63) is 35.9 Å². The van der Waals surface area contributed by atoms with Gasteiger partial charge in [-0.25, -0.2) is 9.98 Å². The van der Waals surface area contributed by atoms with E-state index >= 15 is 0 Å². The van der Waals surface area contributed by atoms with Crippen molar-refractivity contribution in [1.82, 2.24) is 0 Å². The third-order valence-electron chi connectivity index (χ3n) is 1.81. The Morgan fingerprint density at radius 3 is 2.40 bits per heavy atom. The third kappa shape index (κ3) is 5.82. The van der Waals surface area contributed by atoms with Gasteiger partial charge in [-0.1, -0.05) is 30.3 Å². The fourth-order valence-corrected chi connectivity index (χ4v) is 1.07. The van der Waals surface area contributed by atoms with Gasteiger partial charge in [-0.3, -0.25) is 0 Å². The van der Waals surface area contributed by atoms with Crippen LogP contribution in [-0.4, -0.2) is 18.1 Å². The third-order valence-corrected chi connectivity index (χ3v) is 1.81. The van der Waals surface area contributed by atoms with Crippen LogP contribution in [0, 0.1) is 0 Å². The molecule has 0 N–H and O–H groups in total. The van der Waals surface area contributed by atoms with Crippen LogP contribution in [0.15, 0.2) is 40.3 Å². The highest BCUT2D eigenvalue weighted by Gasteiger charge is 2.03. The van der Waals surface area contributed by atoms with Gasteiger partial charge in [0, 0.05) is 0 Å². The van der Waals surface area contributed by atoms with Gasteiger partial charge in [-0.05, 0) is 32.8 Å². The lowest BCUT2D eigenvalue weighted by Crippen LogP contribution is -2.08. The van der Waals surface area contributed by atoms with E-state index in [1.54, 1.807) is 0 Å². The van der Waals surface area contributed by atoms with E-state index in [1.165, 1.54) is 5.56 Å². The molecule has 0 aliphatic carbocycles. The summed E-state index contributed by atoms with van der Waals surface area (Å²) < 4.78 is 0. The lowest BCUT2D eigenvalue weighted by Gasteiger charge is -2.06. The molecule has 0 spiro atoms. The monoisotopic (exact) mass is 202 g/mol. The molecule has 0 heterocycles. The van der Waals surface area contributed by atoms with Gasteiger partial charge in [-0.15, -0.1) is 0 Å². The first-order valence-electron chi connectivity index (χ1n) is 5.25. The molecule has 0 amide bonds. The summed E-state index contributed by atoms with van der Waals surface area (Å²) in [4.78, 5) is 8.31. The zero-order valence-electron chi connectivity index (χ0n) is 9.70. The topological polar surface area (TPSA) is 24.7 Å². The first-order valence-corrected chi connectivity index (χ1v) is 5.25. The number of aliphatic imine (C=N–C) groups is 2. The molecular formula is C13H18N2. The first kappa shape index (κ1) is 11.7. The van der Waals surface area contributed by atoms with Crippen molar-refractivity contribution in [3.63, 3.8) is 0 Å². The van der Waals surface area contributed by atoms with E-state index in [-0.39, 0.29) is 5.54 Å². The summed E-state index contributed by atoms with van der Waals surface area (Å²) in [6, 6.07) is 13.1. The second-order valence-corrected chi connectivity index (χ2v) is 4.50. The molecule has 0 fully saturated rings. The molecule has 0 radical (unpaired) electrons. The quantitative estimate of drug-likeness (QED) is 0.672. The number of benzene rings is 1. The van der Waals surface area contributed by atoms with Gasteiger partial charge in [-0.2, -0.15) is 0 Å². The molecule has 80 valence electrons. The first-order chi connectivity index (χ1) is 7.08. The van der Waals surface area contributed by atoms with Crippen molar-refractivity contribution in [3.8, 4) is 0 Å². The number of hydrogen-bond donors (Lipinski definition) is 0. The molecule has 0 aliphatic rings. The van der Waals surface area contributed by atoms with E-state index in [4.69, 9.17) is 0 Å². The van der Waals surface area contributed by atoms with Crippen molar-refractivity contribution in [2.75, 3.05) is 6.54 Å². The zero-order valence-corrected chi connectivity index (χ0v) is 9.70. The van der Waals surface area contributed by atoms with E-state index in [1.807, 2.05) is 39.0 Å². The van der Waals surface area contributed by atoms with E-state index < -0.39 is 0 Å². The highest BCUT2D eigenvalue weighted by atomic mass is 14.9. The largest absolute Gasteiger partial charge is 0.225 e. The zero-order chi connectivity index (χ0) is 11.1. The smallest absolute Gasteiger partial charge is 0.0898 e. The van der Waals surface area contributed by atoms with E-state index in [9.17, 15) is 0 Å². The Morgan fingerprint density at radius 2 is 1.80 bits per heavy atom. The van der Waals surface area contributed by atoms with Crippen molar-refractivity contribution >= 4 is 6.01 Å². The van der Waals surface area contributed by atoms with Crippen LogP contribution in [0.5, 0.6) is 0 Å². The van der Waals surface area contributed by atoms with Crippen LogP contribution in [-0.2, 0) is 6.42 Å². The Morgan fingerprint density at radius 1 is 1.13 bits per heavy atom. The second-order valence-electron chi connectivity index (χ2n) is 4.50. The van der Waals surface area contributed by atoms with Gasteiger partial charge in [0.1, 0.15) is 0 Å². The summed E-state index contributed by atoms with van der Waals surface area (Å²) in [7, 11) is 0. The molecule has 0 bridgehead atoms. The summed E-state index contributed by atoms with van der Waals surface area (Å²) in [5, 5.41) is 0. The molecule has 1 rings (SSSR count). The van der Waals surface area contributed by atoms with Gasteiger partial charge in [0.2, 0.25) is 0 Å². The Hall–Kier alpha value is -1.40. The molecule has 0 saturated carbocycles. The van der Waals surface area contributed by atoms with Gasteiger partial charge >= 0.3 is 0 Å². The molecule has 2 heteroatoms. The average Bonchev–Trinajstić information content (AvgIpc) is 2.17. The van der Waals surface area contributed by atoms with E-state index in [0.717, 1.165) is 13.0 Å². The minimum Gasteiger partial charge on any atom is -0.225 e. The summed E-state index contributed by atoms with van der Waals surface area (Å²) >= 11 is 0. The molecular weight excluding hydrogens is 184 g/mol. The summed E-state index contributed by atoms with van der Waals surface area (Å²) in [5.41, 5.74) is 1.23. The molecule has 15 heavy (non-hydrogen) atoms. The summed E-state index contributed by atoms with van der Waals surface area (Å²) in [6.45, 7) is 6.86. The predicted molar refractivity (Wildman–Crippen MR) is 64.6 cm³/mol. The number of rotatable bonds is 3. The van der Waals surface area contributed by atoms with Crippen molar-refractivity contribution in [1.29, 1.82) is 0 Å². The van der Waals surface area contributed by atoms with Crippen LogP contribution in [0.25, 0.3) is 0 Å². The maximum Gasteiger partial charge on any atom is 0.0898 e. The Bertz CT molecular complexity index is 341. The maximum absolute atomic E-state index is 4.17. The van der Waals surface area contributed by atoms with Gasteiger partial charge in [0.05, 0.1) is 18.1 Å². The summed E-state index contributed by atoms with van der Waals surface area (Å²) in [5.74, 6) is 0. The summed E-state index contributed by atoms with van der Waals surface area (Å²) in [6.07, 6.45) is 0.952. The van der Waals surface area contributed by atoms with Crippen LogP contribution in [0.3, 0.4) is 0 Å².